The van der Waals surface area contributed by atoms with Crippen molar-refractivity contribution in [3.05, 3.63) is 58.4 Å². The Morgan fingerprint density at radius 1 is 1.22 bits per heavy atom. The summed E-state index contributed by atoms with van der Waals surface area (Å²) in [4.78, 5) is 12.0. The molecule has 0 N–H and O–H groups in total. The van der Waals surface area contributed by atoms with Gasteiger partial charge < -0.3 is 0 Å². The summed E-state index contributed by atoms with van der Waals surface area (Å²) in [5, 5.41) is 0.741. The standard InChI is InChI=1S/C23H26ClN3/c1-23(2)18-6-3-16(20(23)11-18)13-27-10-9-21-17(14-27)12-25-22(26-21)15-4-7-19(24)8-5-15/h3-5,7-8,12,18,20H,6,9-11,13-14H2,1-2H3. The van der Waals surface area contributed by atoms with Gasteiger partial charge in [0, 0.05) is 48.4 Å². The van der Waals surface area contributed by atoms with Gasteiger partial charge in [0.1, 0.15) is 0 Å². The molecular weight excluding hydrogens is 354 g/mol. The predicted octanol–water partition coefficient (Wildman–Crippen LogP) is 5.15. The minimum Gasteiger partial charge on any atom is -0.295 e. The highest BCUT2D eigenvalue weighted by atomic mass is 35.5. The van der Waals surface area contributed by atoms with E-state index in [1.54, 1.807) is 5.57 Å². The first-order chi connectivity index (χ1) is 13.0. The average Bonchev–Trinajstić information content (AvgIpc) is 2.68. The van der Waals surface area contributed by atoms with Gasteiger partial charge in [-0.05, 0) is 54.4 Å². The van der Waals surface area contributed by atoms with Crippen LogP contribution in [0.5, 0.6) is 0 Å². The van der Waals surface area contributed by atoms with E-state index in [2.05, 4.69) is 29.8 Å². The quantitative estimate of drug-likeness (QED) is 0.691. The number of nitrogens with zero attached hydrogens (tertiary/aromatic N) is 3. The maximum absolute atomic E-state index is 5.99. The summed E-state index contributed by atoms with van der Waals surface area (Å²) in [6.07, 6.45) is 8.23. The smallest absolute Gasteiger partial charge is 0.159 e. The maximum Gasteiger partial charge on any atom is 0.159 e. The van der Waals surface area contributed by atoms with E-state index in [1.807, 2.05) is 30.5 Å². The van der Waals surface area contributed by atoms with Crippen LogP contribution in [0.3, 0.4) is 0 Å². The van der Waals surface area contributed by atoms with Crippen LogP contribution in [0, 0.1) is 17.3 Å². The van der Waals surface area contributed by atoms with Crippen LogP contribution in [0.15, 0.2) is 42.1 Å². The van der Waals surface area contributed by atoms with Crippen molar-refractivity contribution in [3.63, 3.8) is 0 Å². The summed E-state index contributed by atoms with van der Waals surface area (Å²) in [6.45, 7) is 8.06. The van der Waals surface area contributed by atoms with E-state index < -0.39 is 0 Å². The number of halogens is 1. The van der Waals surface area contributed by atoms with Crippen LogP contribution in [0.4, 0.5) is 0 Å². The van der Waals surface area contributed by atoms with Crippen molar-refractivity contribution >= 4 is 11.6 Å². The zero-order chi connectivity index (χ0) is 18.6. The van der Waals surface area contributed by atoms with Crippen molar-refractivity contribution in [2.75, 3.05) is 13.1 Å². The number of fused-ring (bicyclic) bond motifs is 2. The Hall–Kier alpha value is -1.71. The molecule has 27 heavy (non-hydrogen) atoms. The fraction of sp³-hybridized carbons (Fsp3) is 0.478. The van der Waals surface area contributed by atoms with E-state index in [1.165, 1.54) is 24.1 Å². The molecule has 4 heteroatoms. The highest BCUT2D eigenvalue weighted by molar-refractivity contribution is 6.30. The zero-order valence-electron chi connectivity index (χ0n) is 16.1. The first kappa shape index (κ1) is 17.4. The molecule has 2 bridgehead atoms. The highest BCUT2D eigenvalue weighted by Crippen LogP contribution is 2.59. The van der Waals surface area contributed by atoms with Crippen LogP contribution >= 0.6 is 11.6 Å². The lowest BCUT2D eigenvalue weighted by molar-refractivity contribution is -0.0110. The molecule has 1 saturated carbocycles. The lowest BCUT2D eigenvalue weighted by atomic mass is 9.49. The molecule has 6 rings (SSSR count). The second kappa shape index (κ2) is 6.42. The van der Waals surface area contributed by atoms with Crippen LogP contribution in [-0.2, 0) is 13.0 Å². The Morgan fingerprint density at radius 3 is 2.78 bits per heavy atom. The van der Waals surface area contributed by atoms with E-state index in [0.29, 0.717) is 5.41 Å². The molecule has 2 aromatic rings. The molecule has 2 heterocycles. The molecule has 1 aromatic heterocycles. The summed E-state index contributed by atoms with van der Waals surface area (Å²) < 4.78 is 0. The average molecular weight is 380 g/mol. The van der Waals surface area contributed by atoms with Crippen molar-refractivity contribution in [2.24, 2.45) is 17.3 Å². The Labute approximate surface area is 166 Å². The van der Waals surface area contributed by atoms with Crippen molar-refractivity contribution in [2.45, 2.75) is 39.7 Å². The highest BCUT2D eigenvalue weighted by Gasteiger charge is 2.51. The summed E-state index contributed by atoms with van der Waals surface area (Å²) in [5.41, 5.74) is 5.69. The van der Waals surface area contributed by atoms with Gasteiger partial charge in [0.05, 0.1) is 5.69 Å². The van der Waals surface area contributed by atoms with Crippen LogP contribution in [0.2, 0.25) is 5.02 Å². The molecule has 4 aliphatic rings. The van der Waals surface area contributed by atoms with Gasteiger partial charge in [0.2, 0.25) is 0 Å². The van der Waals surface area contributed by atoms with Crippen molar-refractivity contribution in [3.8, 4) is 11.4 Å². The molecule has 1 fully saturated rings. The first-order valence-electron chi connectivity index (χ1n) is 10.0. The van der Waals surface area contributed by atoms with E-state index in [4.69, 9.17) is 16.6 Å². The molecule has 1 aromatic carbocycles. The SMILES string of the molecule is CC1(C)C2CC=C(CN3CCc4nc(-c5ccc(Cl)cc5)ncc4C3)C1C2. The van der Waals surface area contributed by atoms with Gasteiger partial charge in [-0.1, -0.05) is 37.1 Å². The fourth-order valence-corrected chi connectivity index (χ4v) is 5.29. The first-order valence-corrected chi connectivity index (χ1v) is 10.4. The largest absolute Gasteiger partial charge is 0.295 e. The summed E-state index contributed by atoms with van der Waals surface area (Å²) >= 11 is 5.99. The van der Waals surface area contributed by atoms with Crippen LogP contribution in [0.25, 0.3) is 11.4 Å². The normalized spacial score (nSPS) is 26.1. The number of rotatable bonds is 3. The van der Waals surface area contributed by atoms with Crippen LogP contribution in [-0.4, -0.2) is 28.0 Å². The van der Waals surface area contributed by atoms with Gasteiger partial charge in [-0.2, -0.15) is 0 Å². The minimum absolute atomic E-state index is 0.508. The predicted molar refractivity (Wildman–Crippen MR) is 110 cm³/mol. The summed E-state index contributed by atoms with van der Waals surface area (Å²) in [6, 6.07) is 7.77. The molecule has 2 unspecified atom stereocenters. The number of hydrogen-bond acceptors (Lipinski definition) is 3. The van der Waals surface area contributed by atoms with Gasteiger partial charge in [-0.25, -0.2) is 9.97 Å². The van der Waals surface area contributed by atoms with Crippen molar-refractivity contribution in [1.29, 1.82) is 0 Å². The molecule has 3 nitrogen and oxygen atoms in total. The third kappa shape index (κ3) is 3.01. The second-order valence-electron chi connectivity index (χ2n) is 8.95. The Bertz CT molecular complexity index is 900. The van der Waals surface area contributed by atoms with Gasteiger partial charge in [-0.15, -0.1) is 0 Å². The van der Waals surface area contributed by atoms with Crippen LogP contribution in [0.1, 0.15) is 37.9 Å². The summed E-state index contributed by atoms with van der Waals surface area (Å²) in [7, 11) is 0. The Morgan fingerprint density at radius 2 is 2.04 bits per heavy atom. The fourth-order valence-electron chi connectivity index (χ4n) is 5.16. The topological polar surface area (TPSA) is 29.0 Å². The number of aromatic nitrogens is 2. The molecule has 0 spiro atoms. The molecule has 3 aliphatic carbocycles. The monoisotopic (exact) mass is 379 g/mol. The van der Waals surface area contributed by atoms with Gasteiger partial charge in [0.25, 0.3) is 0 Å². The Kier molecular flexibility index (Phi) is 4.14. The Balaban J connectivity index is 1.31. The van der Waals surface area contributed by atoms with E-state index in [-0.39, 0.29) is 0 Å². The maximum atomic E-state index is 5.99. The number of allylic oxidation sites excluding steroid dienone is 1. The molecule has 0 amide bonds. The molecule has 1 aliphatic heterocycles. The van der Waals surface area contributed by atoms with E-state index in [9.17, 15) is 0 Å². The number of benzene rings is 1. The van der Waals surface area contributed by atoms with E-state index in [0.717, 1.165) is 54.3 Å². The van der Waals surface area contributed by atoms with Gasteiger partial charge in [-0.3, -0.25) is 4.90 Å². The van der Waals surface area contributed by atoms with Crippen molar-refractivity contribution < 1.29 is 0 Å². The molecular formula is C23H26ClN3. The molecule has 0 saturated heterocycles. The molecule has 2 atom stereocenters. The number of hydrogen-bond donors (Lipinski definition) is 0. The van der Waals surface area contributed by atoms with Gasteiger partial charge >= 0.3 is 0 Å². The lowest BCUT2D eigenvalue weighted by Crippen LogP contribution is -2.50. The van der Waals surface area contributed by atoms with E-state index >= 15 is 0 Å². The third-order valence-corrected chi connectivity index (χ3v) is 7.36. The molecule has 140 valence electrons. The van der Waals surface area contributed by atoms with Crippen LogP contribution < -0.4 is 0 Å². The minimum atomic E-state index is 0.508. The summed E-state index contributed by atoms with van der Waals surface area (Å²) in [5.74, 6) is 2.50. The lowest BCUT2D eigenvalue weighted by Gasteiger charge is -2.57. The second-order valence-corrected chi connectivity index (χ2v) is 9.39. The van der Waals surface area contributed by atoms with Gasteiger partial charge in [0.15, 0.2) is 5.82 Å². The third-order valence-electron chi connectivity index (χ3n) is 7.10. The van der Waals surface area contributed by atoms with Crippen molar-refractivity contribution in [1.82, 2.24) is 14.9 Å². The zero-order valence-corrected chi connectivity index (χ0v) is 16.8. The molecule has 0 radical (unpaired) electrons.